The molecule has 0 saturated carbocycles. The smallest absolute Gasteiger partial charge is 0.132 e. The predicted molar refractivity (Wildman–Crippen MR) is 269 cm³/mol. The Morgan fingerprint density at radius 3 is 1.41 bits per heavy atom. The summed E-state index contributed by atoms with van der Waals surface area (Å²) in [5.41, 5.74) is 12.2. The maximum atomic E-state index is 10.1. The Labute approximate surface area is 395 Å². The van der Waals surface area contributed by atoms with Crippen LogP contribution < -0.4 is 14.4 Å². The number of anilines is 3. The van der Waals surface area contributed by atoms with Gasteiger partial charge in [0.1, 0.15) is 23.0 Å². The van der Waals surface area contributed by atoms with Crippen LogP contribution in [0.4, 0.5) is 17.1 Å². The van der Waals surface area contributed by atoms with E-state index < -0.39 is 16.9 Å². The van der Waals surface area contributed by atoms with E-state index in [0.29, 0.717) is 27.2 Å². The van der Waals surface area contributed by atoms with Gasteiger partial charge in [-0.25, -0.2) is 0 Å². The lowest BCUT2D eigenvalue weighted by Gasteiger charge is -2.40. The number of hydrogen-bond donors (Lipinski definition) is 0. The molecule has 0 radical (unpaired) electrons. The van der Waals surface area contributed by atoms with E-state index in [1.807, 2.05) is 77.7 Å². The molecule has 2 aliphatic carbocycles. The highest BCUT2D eigenvalue weighted by Crippen LogP contribution is 2.65. The zero-order chi connectivity index (χ0) is 49.2. The normalized spacial score (nSPS) is 16.0. The fourth-order valence-electron chi connectivity index (χ4n) is 11.9. The van der Waals surface area contributed by atoms with Crippen LogP contribution in [0.15, 0.2) is 224 Å². The Balaban J connectivity index is 1.09. The third-order valence-corrected chi connectivity index (χ3v) is 15.3. The zero-order valence-electron chi connectivity index (χ0n) is 42.0. The first-order chi connectivity index (χ1) is 35.6. The number of hydrogen-bond acceptors (Lipinski definition) is 4. The first-order valence-corrected chi connectivity index (χ1v) is 22.9. The fourth-order valence-corrected chi connectivity index (χ4v) is 12.8. The number of para-hydroxylation sites is 3. The van der Waals surface area contributed by atoms with Crippen LogP contribution in [0, 0.1) is 0 Å². The highest BCUT2D eigenvalue weighted by molar-refractivity contribution is 7.26. The second kappa shape index (κ2) is 13.2. The third-order valence-electron chi connectivity index (χ3n) is 14.3. The molecule has 1 aromatic heterocycles. The average molecular weight is 867 g/mol. The molecule has 4 aliphatic rings. The van der Waals surface area contributed by atoms with Gasteiger partial charge in [-0.05, 0) is 111 Å². The van der Waals surface area contributed by atoms with Crippen LogP contribution in [0.2, 0.25) is 0 Å². The van der Waals surface area contributed by atoms with Crippen molar-refractivity contribution in [1.29, 1.82) is 0 Å². The van der Waals surface area contributed by atoms with Crippen molar-refractivity contribution in [3.63, 3.8) is 0 Å². The van der Waals surface area contributed by atoms with E-state index in [1.54, 1.807) is 0 Å². The molecule has 66 heavy (non-hydrogen) atoms. The van der Waals surface area contributed by atoms with Crippen molar-refractivity contribution in [3.8, 4) is 45.3 Å². The van der Waals surface area contributed by atoms with Gasteiger partial charge in [0.05, 0.1) is 26.1 Å². The van der Waals surface area contributed by atoms with E-state index in [-0.39, 0.29) is 52.0 Å². The van der Waals surface area contributed by atoms with Crippen LogP contribution in [0.3, 0.4) is 0 Å². The topological polar surface area (TPSA) is 21.7 Å². The lowest BCUT2D eigenvalue weighted by Crippen LogP contribution is -2.32. The van der Waals surface area contributed by atoms with Crippen LogP contribution >= 0.6 is 11.3 Å². The molecule has 0 N–H and O–H groups in total. The molecular weight excluding hydrogens is 823 g/mol. The highest BCUT2D eigenvalue weighted by Gasteiger charge is 2.53. The highest BCUT2D eigenvalue weighted by atomic mass is 32.1. The molecule has 2 spiro atoms. The van der Waals surface area contributed by atoms with E-state index >= 15 is 0 Å². The van der Waals surface area contributed by atoms with Gasteiger partial charge in [0.25, 0.3) is 0 Å². The van der Waals surface area contributed by atoms with Gasteiger partial charge in [0.15, 0.2) is 0 Å². The van der Waals surface area contributed by atoms with Gasteiger partial charge in [-0.1, -0.05) is 158 Å². The molecule has 0 saturated heterocycles. The summed E-state index contributed by atoms with van der Waals surface area (Å²) in [5.74, 6) is 2.87. The summed E-state index contributed by atoms with van der Waals surface area (Å²) in [6.07, 6.45) is 0. The van der Waals surface area contributed by atoms with E-state index in [2.05, 4.69) is 109 Å². The monoisotopic (exact) mass is 866 g/mol. The largest absolute Gasteiger partial charge is 0.457 e. The SMILES string of the molecule is [2H]c1c([2H])c([2H])c2c(sc3c([2H])c([2H])c([2H])c(N(c4ccc5c(c4)C4(c6ccccc6O5)c5ccccc5-c5ccccc54)c4ccc5c(c4)C4(c6ccccc6Oc6ccccc64)c4ccccc4-5)c32)c1[2H]. The first-order valence-electron chi connectivity index (χ1n) is 25.6. The van der Waals surface area contributed by atoms with Crippen LogP contribution in [0.1, 0.15) is 54.1 Å². The molecule has 4 heteroatoms. The number of ether oxygens (including phenoxy) is 2. The molecule has 2 aliphatic heterocycles. The summed E-state index contributed by atoms with van der Waals surface area (Å²) in [6, 6.07) is 60.4. The number of nitrogens with zero attached hydrogens (tertiary/aromatic N) is 1. The van der Waals surface area contributed by atoms with Crippen LogP contribution in [0.5, 0.6) is 23.0 Å². The molecule has 0 fully saturated rings. The van der Waals surface area contributed by atoms with E-state index in [0.717, 1.165) is 95.3 Å². The number of benzene rings is 10. The molecular formula is C62H37NO2S. The minimum absolute atomic E-state index is 0.204. The summed E-state index contributed by atoms with van der Waals surface area (Å²) in [5, 5.41) is 0.513. The summed E-state index contributed by atoms with van der Waals surface area (Å²) in [7, 11) is 0. The zero-order valence-corrected chi connectivity index (χ0v) is 35.8. The second-order valence-corrected chi connectivity index (χ2v) is 18.3. The lowest BCUT2D eigenvalue weighted by atomic mass is 9.66. The minimum atomic E-state index is -0.854. The standard InChI is InChI=1S/C62H37NO2S/c1-5-20-45-40(16-1)41-17-2-6-21-46(41)61(45)48-23-8-11-27-54(48)65-57-35-33-39(37-52(57)61)63(53-26-15-31-59-60(53)44-19-4-14-30-58(44)66-59)38-32-34-43-42-18-3-7-22-47(42)62(51(43)36-38)49-24-9-12-28-55(49)64-56-29-13-10-25-50(56)62/h1-37H/i4D,14D,15D,19D,26D,30D,31D. The van der Waals surface area contributed by atoms with Gasteiger partial charge in [0.2, 0.25) is 0 Å². The fraction of sp³-hybridized carbons (Fsp3) is 0.0323. The summed E-state index contributed by atoms with van der Waals surface area (Å²) in [6.45, 7) is 0. The molecule has 10 aromatic carbocycles. The molecule has 11 aromatic rings. The average Bonchev–Trinajstić information content (AvgIpc) is 4.08. The van der Waals surface area contributed by atoms with E-state index in [4.69, 9.17) is 13.6 Å². The van der Waals surface area contributed by atoms with Gasteiger partial charge in [-0.15, -0.1) is 11.3 Å². The molecule has 3 heterocycles. The maximum absolute atomic E-state index is 10.1. The predicted octanol–water partition coefficient (Wildman–Crippen LogP) is 16.5. The Morgan fingerprint density at radius 2 is 0.818 bits per heavy atom. The molecule has 3 nitrogen and oxygen atoms in total. The summed E-state index contributed by atoms with van der Waals surface area (Å²) in [4.78, 5) is 1.98. The quantitative estimate of drug-likeness (QED) is 0.177. The van der Waals surface area contributed by atoms with Gasteiger partial charge >= 0.3 is 0 Å². The van der Waals surface area contributed by atoms with Crippen LogP contribution in [-0.4, -0.2) is 0 Å². The second-order valence-electron chi connectivity index (χ2n) is 17.3. The molecule has 0 unspecified atom stereocenters. The Hall–Kier alpha value is -8.18. The van der Waals surface area contributed by atoms with Crippen molar-refractivity contribution in [2.45, 2.75) is 10.8 Å². The number of thiophene rings is 1. The Bertz CT molecular complexity index is 4210. The Kier molecular flexibility index (Phi) is 6.01. The summed E-state index contributed by atoms with van der Waals surface area (Å²) < 4.78 is 79.3. The number of rotatable bonds is 3. The van der Waals surface area contributed by atoms with Crippen molar-refractivity contribution in [2.24, 2.45) is 0 Å². The minimum Gasteiger partial charge on any atom is -0.457 e. The molecule has 0 atom stereocenters. The maximum Gasteiger partial charge on any atom is 0.132 e. The van der Waals surface area contributed by atoms with Gasteiger partial charge < -0.3 is 14.4 Å². The molecule has 0 amide bonds. The Morgan fingerprint density at radius 1 is 0.379 bits per heavy atom. The number of fused-ring (bicyclic) bond motifs is 21. The third kappa shape index (κ3) is 4.51. The van der Waals surface area contributed by atoms with Crippen molar-refractivity contribution in [1.82, 2.24) is 0 Å². The van der Waals surface area contributed by atoms with Crippen LogP contribution in [-0.2, 0) is 10.8 Å². The van der Waals surface area contributed by atoms with Crippen molar-refractivity contribution < 1.29 is 19.1 Å². The van der Waals surface area contributed by atoms with Crippen molar-refractivity contribution in [3.05, 3.63) is 269 Å². The molecule has 308 valence electrons. The molecule has 0 bridgehead atoms. The van der Waals surface area contributed by atoms with Gasteiger partial charge in [-0.3, -0.25) is 0 Å². The van der Waals surface area contributed by atoms with Crippen molar-refractivity contribution >= 4 is 48.6 Å². The molecule has 15 rings (SSSR count). The van der Waals surface area contributed by atoms with E-state index in [1.165, 1.54) is 0 Å². The van der Waals surface area contributed by atoms with Gasteiger partial charge in [0, 0.05) is 53.8 Å². The van der Waals surface area contributed by atoms with Gasteiger partial charge in [-0.2, -0.15) is 0 Å². The van der Waals surface area contributed by atoms with Crippen molar-refractivity contribution in [2.75, 3.05) is 4.90 Å². The van der Waals surface area contributed by atoms with E-state index in [9.17, 15) is 5.48 Å². The van der Waals surface area contributed by atoms with Crippen LogP contribution in [0.25, 0.3) is 42.4 Å². The summed E-state index contributed by atoms with van der Waals surface area (Å²) >= 11 is 1.06. The lowest BCUT2D eigenvalue weighted by molar-refractivity contribution is 0.436. The first kappa shape index (κ1) is 30.0.